The molecule has 0 aliphatic carbocycles. The number of carbonyl (C=O) groups excluding carboxylic acids is 1. The molecule has 2 rings (SSSR count). The average molecular weight is 216 g/mol. The Morgan fingerprint density at radius 1 is 1.50 bits per heavy atom. The smallest absolute Gasteiger partial charge is 0.255 e. The third-order valence-electron chi connectivity index (χ3n) is 2.26. The molecule has 0 saturated heterocycles. The second-order valence-corrected chi connectivity index (χ2v) is 3.53. The highest BCUT2D eigenvalue weighted by Gasteiger charge is 2.11. The average Bonchev–Trinajstić information content (AvgIpc) is 2.82. The van der Waals surface area contributed by atoms with Crippen LogP contribution in [0.5, 0.6) is 0 Å². The van der Waals surface area contributed by atoms with Crippen LogP contribution in [0.15, 0.2) is 47.5 Å². The van der Waals surface area contributed by atoms with Gasteiger partial charge in [0.1, 0.15) is 0 Å². The molecule has 16 heavy (non-hydrogen) atoms. The van der Waals surface area contributed by atoms with Crippen LogP contribution in [0.3, 0.4) is 0 Å². The molecule has 0 radical (unpaired) electrons. The molecule has 0 saturated carbocycles. The minimum Gasteiger partial charge on any atom is -0.472 e. The highest BCUT2D eigenvalue weighted by Crippen LogP contribution is 2.07. The van der Waals surface area contributed by atoms with Gasteiger partial charge in [0.25, 0.3) is 5.91 Å². The van der Waals surface area contributed by atoms with Crippen molar-refractivity contribution in [1.82, 2.24) is 9.88 Å². The van der Waals surface area contributed by atoms with E-state index in [1.165, 1.54) is 0 Å². The second-order valence-electron chi connectivity index (χ2n) is 3.53. The summed E-state index contributed by atoms with van der Waals surface area (Å²) >= 11 is 0. The highest BCUT2D eigenvalue weighted by molar-refractivity contribution is 5.93. The summed E-state index contributed by atoms with van der Waals surface area (Å²) in [6.07, 6.45) is 6.44. The Kier molecular flexibility index (Phi) is 3.00. The maximum Gasteiger partial charge on any atom is 0.255 e. The van der Waals surface area contributed by atoms with Gasteiger partial charge in [0, 0.05) is 31.5 Å². The first-order valence-corrected chi connectivity index (χ1v) is 4.94. The van der Waals surface area contributed by atoms with Crippen molar-refractivity contribution in [2.75, 3.05) is 7.05 Å². The van der Waals surface area contributed by atoms with E-state index in [4.69, 9.17) is 4.42 Å². The first-order valence-electron chi connectivity index (χ1n) is 4.94. The fourth-order valence-electron chi connectivity index (χ4n) is 1.44. The molecule has 1 amide bonds. The van der Waals surface area contributed by atoms with Crippen molar-refractivity contribution in [2.45, 2.75) is 6.54 Å². The third kappa shape index (κ3) is 2.28. The van der Waals surface area contributed by atoms with E-state index >= 15 is 0 Å². The van der Waals surface area contributed by atoms with Crippen LogP contribution in [-0.4, -0.2) is 22.8 Å². The Balaban J connectivity index is 2.05. The molecule has 0 aliphatic rings. The molecule has 0 bridgehead atoms. The van der Waals surface area contributed by atoms with E-state index in [1.807, 2.05) is 6.07 Å². The molecule has 0 N–H and O–H groups in total. The van der Waals surface area contributed by atoms with Gasteiger partial charge in [-0.2, -0.15) is 0 Å². The van der Waals surface area contributed by atoms with E-state index in [2.05, 4.69) is 4.98 Å². The molecule has 0 unspecified atom stereocenters. The second kappa shape index (κ2) is 4.61. The Morgan fingerprint density at radius 2 is 2.38 bits per heavy atom. The van der Waals surface area contributed by atoms with Gasteiger partial charge in [-0.05, 0) is 18.2 Å². The number of rotatable bonds is 3. The zero-order chi connectivity index (χ0) is 11.4. The van der Waals surface area contributed by atoms with Gasteiger partial charge in [0.15, 0.2) is 0 Å². The van der Waals surface area contributed by atoms with Crippen LogP contribution in [0.1, 0.15) is 15.9 Å². The van der Waals surface area contributed by atoms with Crippen LogP contribution in [-0.2, 0) is 6.54 Å². The lowest BCUT2D eigenvalue weighted by molar-refractivity contribution is 0.0784. The quantitative estimate of drug-likeness (QED) is 0.787. The van der Waals surface area contributed by atoms with Crippen LogP contribution in [0.25, 0.3) is 0 Å². The SMILES string of the molecule is CN(Cc1ccoc1)C(=O)c1cccnc1. The van der Waals surface area contributed by atoms with E-state index < -0.39 is 0 Å². The topological polar surface area (TPSA) is 46.3 Å². The third-order valence-corrected chi connectivity index (χ3v) is 2.26. The molecule has 4 heteroatoms. The van der Waals surface area contributed by atoms with Crippen molar-refractivity contribution in [1.29, 1.82) is 0 Å². The first-order chi connectivity index (χ1) is 7.77. The number of hydrogen-bond acceptors (Lipinski definition) is 3. The van der Waals surface area contributed by atoms with Crippen molar-refractivity contribution >= 4 is 5.91 Å². The maximum atomic E-state index is 11.9. The summed E-state index contributed by atoms with van der Waals surface area (Å²) in [4.78, 5) is 17.5. The Bertz CT molecular complexity index is 451. The maximum absolute atomic E-state index is 11.9. The van der Waals surface area contributed by atoms with Crippen molar-refractivity contribution in [2.24, 2.45) is 0 Å². The number of amides is 1. The van der Waals surface area contributed by atoms with Crippen molar-refractivity contribution < 1.29 is 9.21 Å². The van der Waals surface area contributed by atoms with Gasteiger partial charge in [0.05, 0.1) is 18.1 Å². The van der Waals surface area contributed by atoms with Gasteiger partial charge >= 0.3 is 0 Å². The van der Waals surface area contributed by atoms with Gasteiger partial charge in [-0.1, -0.05) is 0 Å². The van der Waals surface area contributed by atoms with Crippen LogP contribution in [0.2, 0.25) is 0 Å². The first kappa shape index (κ1) is 10.4. The molecule has 0 aliphatic heterocycles. The van der Waals surface area contributed by atoms with E-state index in [1.54, 1.807) is 49.0 Å². The minimum absolute atomic E-state index is 0.0469. The molecule has 2 aromatic rings. The number of carbonyl (C=O) groups is 1. The zero-order valence-electron chi connectivity index (χ0n) is 8.96. The number of furan rings is 1. The van der Waals surface area contributed by atoms with Crippen molar-refractivity contribution in [3.05, 3.63) is 54.2 Å². The minimum atomic E-state index is -0.0469. The molecule has 0 spiro atoms. The summed E-state index contributed by atoms with van der Waals surface area (Å²) in [5.74, 6) is -0.0469. The lowest BCUT2D eigenvalue weighted by Crippen LogP contribution is -2.26. The van der Waals surface area contributed by atoms with Crippen LogP contribution in [0, 0.1) is 0 Å². The number of nitrogens with zero attached hydrogens (tertiary/aromatic N) is 2. The molecular weight excluding hydrogens is 204 g/mol. The normalized spacial score (nSPS) is 10.1. The molecule has 0 fully saturated rings. The molecule has 0 aromatic carbocycles. The van der Waals surface area contributed by atoms with E-state index in [9.17, 15) is 4.79 Å². The standard InChI is InChI=1S/C12H12N2O2/c1-14(8-10-4-6-16-9-10)12(15)11-3-2-5-13-7-11/h2-7,9H,8H2,1H3. The van der Waals surface area contributed by atoms with Crippen LogP contribution < -0.4 is 0 Å². The fraction of sp³-hybridized carbons (Fsp3) is 0.167. The molecule has 2 aromatic heterocycles. The van der Waals surface area contributed by atoms with Gasteiger partial charge in [-0.25, -0.2) is 0 Å². The number of aromatic nitrogens is 1. The van der Waals surface area contributed by atoms with E-state index in [0.29, 0.717) is 12.1 Å². The lowest BCUT2D eigenvalue weighted by atomic mass is 10.2. The molecule has 82 valence electrons. The van der Waals surface area contributed by atoms with Crippen LogP contribution in [0.4, 0.5) is 0 Å². The summed E-state index contributed by atoms with van der Waals surface area (Å²) in [7, 11) is 1.75. The summed E-state index contributed by atoms with van der Waals surface area (Å²) in [5, 5.41) is 0. The molecule has 4 nitrogen and oxygen atoms in total. The van der Waals surface area contributed by atoms with Crippen molar-refractivity contribution in [3.63, 3.8) is 0 Å². The largest absolute Gasteiger partial charge is 0.472 e. The van der Waals surface area contributed by atoms with Crippen LogP contribution >= 0.6 is 0 Å². The summed E-state index contributed by atoms with van der Waals surface area (Å²) in [6, 6.07) is 5.34. The summed E-state index contributed by atoms with van der Waals surface area (Å²) < 4.78 is 4.95. The lowest BCUT2D eigenvalue weighted by Gasteiger charge is -2.15. The Labute approximate surface area is 93.5 Å². The summed E-state index contributed by atoms with van der Waals surface area (Å²) in [6.45, 7) is 0.532. The Hall–Kier alpha value is -2.10. The Morgan fingerprint density at radius 3 is 3.00 bits per heavy atom. The predicted molar refractivity (Wildman–Crippen MR) is 58.7 cm³/mol. The predicted octanol–water partition coefficient (Wildman–Crippen LogP) is 1.95. The molecule has 0 atom stereocenters. The number of hydrogen-bond donors (Lipinski definition) is 0. The fourth-order valence-corrected chi connectivity index (χ4v) is 1.44. The van der Waals surface area contributed by atoms with E-state index in [-0.39, 0.29) is 5.91 Å². The van der Waals surface area contributed by atoms with Gasteiger partial charge in [-0.15, -0.1) is 0 Å². The van der Waals surface area contributed by atoms with Gasteiger partial charge in [-0.3, -0.25) is 9.78 Å². The molecule has 2 heterocycles. The zero-order valence-corrected chi connectivity index (χ0v) is 8.96. The molecular formula is C12H12N2O2. The van der Waals surface area contributed by atoms with E-state index in [0.717, 1.165) is 5.56 Å². The summed E-state index contributed by atoms with van der Waals surface area (Å²) in [5.41, 5.74) is 1.56. The van der Waals surface area contributed by atoms with Gasteiger partial charge < -0.3 is 9.32 Å². The van der Waals surface area contributed by atoms with Gasteiger partial charge in [0.2, 0.25) is 0 Å². The number of pyridine rings is 1. The van der Waals surface area contributed by atoms with Crippen molar-refractivity contribution in [3.8, 4) is 0 Å². The monoisotopic (exact) mass is 216 g/mol. The highest BCUT2D eigenvalue weighted by atomic mass is 16.3.